The molecule has 6 aromatic rings. The molecule has 0 bridgehead atoms. The maximum Gasteiger partial charge on any atom is 0.279 e. The predicted molar refractivity (Wildman–Crippen MR) is 280 cm³/mol. The number of nitrogen functional groups attached to an aromatic ring is 3. The Kier molecular flexibility index (Phi) is 13.3. The molecule has 6 aliphatic rings. The fraction of sp³-hybridized carbons (Fsp3) is 0.412. The fourth-order valence-corrected chi connectivity index (χ4v) is 11.8. The van der Waals surface area contributed by atoms with E-state index in [4.69, 9.17) is 17.2 Å². The minimum absolute atomic E-state index is 0.0531. The van der Waals surface area contributed by atoms with Crippen LogP contribution in [0.1, 0.15) is 144 Å². The molecule has 6 aromatic heterocycles. The number of fused-ring (bicyclic) bond motifs is 6. The van der Waals surface area contributed by atoms with Gasteiger partial charge in [0.25, 0.3) is 46.5 Å². The highest BCUT2D eigenvalue weighted by molar-refractivity contribution is 5.98. The molecule has 0 saturated heterocycles. The van der Waals surface area contributed by atoms with Gasteiger partial charge in [-0.2, -0.15) is 4.73 Å². The first-order chi connectivity index (χ1) is 36.8. The Hall–Kier alpha value is -9.10. The Labute approximate surface area is 439 Å². The maximum atomic E-state index is 13.2. The highest BCUT2D eigenvalue weighted by atomic mass is 16.5. The summed E-state index contributed by atoms with van der Waals surface area (Å²) in [5.41, 5.74) is 18.8. The van der Waals surface area contributed by atoms with Crippen molar-refractivity contribution in [2.75, 3.05) is 27.8 Å². The van der Waals surface area contributed by atoms with E-state index in [9.17, 15) is 39.2 Å². The number of pyridine rings is 3. The van der Waals surface area contributed by atoms with Crippen molar-refractivity contribution in [3.8, 4) is 0 Å². The SMILES string of the molecule is Cc1cc(N=c2cc(N)n(O)cn2)c(=O)n2c1C(=O)NC21CCCCC1.Cc1cc(Nc2cc(N)[n+](O)cn2)c(=O)n2c1C(=O)NC21CCCCC1.Cc1cc(Nc2cc(N)ncn2)c(=O)n2c1C(=O)NC21CCCCC1. The van der Waals surface area contributed by atoms with Crippen LogP contribution in [0.5, 0.6) is 0 Å². The molecule has 3 saturated carbocycles. The van der Waals surface area contributed by atoms with Crippen LogP contribution in [0.4, 0.5) is 46.2 Å². The molecule has 12 rings (SSSR count). The van der Waals surface area contributed by atoms with Crippen LogP contribution in [0.15, 0.2) is 74.8 Å². The smallest absolute Gasteiger partial charge is 0.279 e. The largest absolute Gasteiger partial charge is 0.426 e. The van der Waals surface area contributed by atoms with Gasteiger partial charge >= 0.3 is 0 Å². The van der Waals surface area contributed by atoms with Crippen molar-refractivity contribution in [3.05, 3.63) is 126 Å². The van der Waals surface area contributed by atoms with Crippen LogP contribution in [-0.2, 0) is 17.0 Å². The normalized spacial score (nSPS) is 18.2. The summed E-state index contributed by atoms with van der Waals surface area (Å²) in [6.45, 7) is 5.44. The number of hydrogen-bond donors (Lipinski definition) is 10. The summed E-state index contributed by atoms with van der Waals surface area (Å²) in [6.07, 6.45) is 17.3. The summed E-state index contributed by atoms with van der Waals surface area (Å²) >= 11 is 0. The predicted octanol–water partition coefficient (Wildman–Crippen LogP) is 3.16. The van der Waals surface area contributed by atoms with E-state index in [1.165, 1.54) is 18.5 Å². The second-order valence-corrected chi connectivity index (χ2v) is 20.6. The van der Waals surface area contributed by atoms with Gasteiger partial charge in [0.15, 0.2) is 5.49 Å². The van der Waals surface area contributed by atoms with Crippen molar-refractivity contribution in [1.82, 2.24) is 54.3 Å². The fourth-order valence-electron chi connectivity index (χ4n) is 11.8. The van der Waals surface area contributed by atoms with Gasteiger partial charge in [-0.15, -0.1) is 0 Å². The van der Waals surface area contributed by atoms with Gasteiger partial charge in [-0.3, -0.25) is 42.5 Å². The van der Waals surface area contributed by atoms with Crippen molar-refractivity contribution in [2.24, 2.45) is 4.99 Å². The minimum Gasteiger partial charge on any atom is -0.426 e. The van der Waals surface area contributed by atoms with E-state index in [1.807, 2.05) is 13.8 Å². The number of hydrogen-bond acceptors (Lipinski definition) is 18. The van der Waals surface area contributed by atoms with Crippen LogP contribution in [0.3, 0.4) is 0 Å². The van der Waals surface area contributed by atoms with Crippen LogP contribution in [0.25, 0.3) is 0 Å². The number of amides is 3. The van der Waals surface area contributed by atoms with Gasteiger partial charge in [0.05, 0.1) is 6.07 Å². The van der Waals surface area contributed by atoms with Gasteiger partial charge in [-0.1, -0.05) is 29.0 Å². The van der Waals surface area contributed by atoms with Gasteiger partial charge in [0, 0.05) is 12.1 Å². The standard InChI is InChI=1S/2C17H20N6O3.C17H20N6O2/c2*1-10-7-11(20-13-8-12(18)22(26)9-19-13)16(25)23-14(10)15(24)21-17(23)5-3-2-4-6-17;1-10-7-11(21-13-8-12(18)19-9-20-13)16(25)23-14(10)15(24)22-17(23)5-3-2-4-6-17/h7-9,26H,2-6H2,1H3,(H3,18,20,21,24);7-9,26H,2-6,18H2,1H3,(H,21,24);7-9H,2-6H2,1H3,(H,22,24)(H3,18,19,20,21)/p+1. The number of carbonyl (C=O) groups excluding carboxylic acids is 3. The van der Waals surface area contributed by atoms with Crippen LogP contribution in [0, 0.1) is 20.8 Å². The number of aryl methyl sites for hydroxylation is 3. The molecule has 3 amide bonds. The molecule has 3 spiro atoms. The lowest BCUT2D eigenvalue weighted by Crippen LogP contribution is -2.48. The maximum absolute atomic E-state index is 13.2. The topological polar surface area (TPSA) is 369 Å². The zero-order valence-electron chi connectivity index (χ0n) is 42.9. The van der Waals surface area contributed by atoms with E-state index in [2.05, 4.69) is 51.5 Å². The summed E-state index contributed by atoms with van der Waals surface area (Å²) in [5.74, 6) is 0.649. The first-order valence-corrected chi connectivity index (χ1v) is 25.7. The van der Waals surface area contributed by atoms with Gasteiger partial charge < -0.3 is 54.2 Å². The molecule has 0 unspecified atom stereocenters. The lowest BCUT2D eigenvalue weighted by atomic mass is 9.89. The molecule has 26 nitrogen and oxygen atoms in total. The van der Waals surface area contributed by atoms with Crippen molar-refractivity contribution in [3.63, 3.8) is 0 Å². The Balaban J connectivity index is 0.000000131. The molecular weight excluding hydrogens is 993 g/mol. The van der Waals surface area contributed by atoms with Gasteiger partial charge in [-0.05, 0) is 133 Å². The van der Waals surface area contributed by atoms with Crippen LogP contribution < -0.4 is 70.7 Å². The molecule has 77 heavy (non-hydrogen) atoms. The van der Waals surface area contributed by atoms with E-state index in [0.717, 1.165) is 115 Å². The highest BCUT2D eigenvalue weighted by Gasteiger charge is 2.48. The quantitative estimate of drug-likeness (QED) is 0.0875. The minimum atomic E-state index is -0.657. The summed E-state index contributed by atoms with van der Waals surface area (Å²) in [4.78, 5) is 97.2. The monoisotopic (exact) mass is 1050 g/mol. The number of nitrogens with two attached hydrogens (primary N) is 3. The lowest BCUT2D eigenvalue weighted by Gasteiger charge is -2.35. The number of rotatable bonds is 5. The van der Waals surface area contributed by atoms with Crippen molar-refractivity contribution in [1.29, 1.82) is 0 Å². The number of carbonyl (C=O) groups is 3. The second kappa shape index (κ2) is 19.9. The zero-order chi connectivity index (χ0) is 54.6. The number of nitrogens with zero attached hydrogens (tertiary/aromatic N) is 10. The highest BCUT2D eigenvalue weighted by Crippen LogP contribution is 2.40. The average molecular weight is 1050 g/mol. The van der Waals surface area contributed by atoms with Crippen LogP contribution >= 0.6 is 0 Å². The number of aromatic nitrogens is 9. The molecule has 3 aliphatic heterocycles. The molecule has 0 aromatic carbocycles. The third-order valence-electron chi connectivity index (χ3n) is 15.3. The second-order valence-electron chi connectivity index (χ2n) is 20.6. The summed E-state index contributed by atoms with van der Waals surface area (Å²) in [7, 11) is 0. The van der Waals surface area contributed by atoms with E-state index >= 15 is 0 Å². The molecule has 3 aliphatic carbocycles. The van der Waals surface area contributed by atoms with Crippen LogP contribution in [0.2, 0.25) is 0 Å². The zero-order valence-corrected chi connectivity index (χ0v) is 42.9. The Bertz CT molecular complexity index is 3660. The van der Waals surface area contributed by atoms with Crippen molar-refractivity contribution >= 4 is 63.9 Å². The lowest BCUT2D eigenvalue weighted by molar-refractivity contribution is -0.895. The van der Waals surface area contributed by atoms with Crippen molar-refractivity contribution < 1.29 is 29.5 Å². The van der Waals surface area contributed by atoms with E-state index in [1.54, 1.807) is 44.9 Å². The Morgan fingerprint density at radius 1 is 0.571 bits per heavy atom. The molecule has 402 valence electrons. The van der Waals surface area contributed by atoms with Crippen molar-refractivity contribution in [2.45, 2.75) is 134 Å². The molecular formula is C51H61N18O8+. The van der Waals surface area contributed by atoms with Gasteiger partial charge in [0.2, 0.25) is 5.82 Å². The molecule has 3 fully saturated rings. The number of nitrogens with one attached hydrogen (secondary N) is 5. The molecule has 26 heteroatoms. The molecule has 13 N–H and O–H groups in total. The third-order valence-corrected chi connectivity index (χ3v) is 15.3. The Morgan fingerprint density at radius 3 is 1.45 bits per heavy atom. The van der Waals surface area contributed by atoms with E-state index in [0.29, 0.717) is 66.5 Å². The van der Waals surface area contributed by atoms with Crippen LogP contribution in [-0.4, -0.2) is 66.5 Å². The summed E-state index contributed by atoms with van der Waals surface area (Å²) in [6, 6.07) is 9.28. The third kappa shape index (κ3) is 9.32. The average Bonchev–Trinajstić information content (AvgIpc) is 4.18. The summed E-state index contributed by atoms with van der Waals surface area (Å²) < 4.78 is 6.20. The first-order valence-electron chi connectivity index (χ1n) is 25.7. The Morgan fingerprint density at radius 2 is 1.01 bits per heavy atom. The van der Waals surface area contributed by atoms with E-state index < -0.39 is 17.0 Å². The number of anilines is 7. The molecule has 0 radical (unpaired) electrons. The van der Waals surface area contributed by atoms with Gasteiger partial charge in [0.1, 0.15) is 81.2 Å². The first kappa shape index (κ1) is 51.4. The summed E-state index contributed by atoms with van der Waals surface area (Å²) in [5, 5.41) is 34.0. The molecule has 0 atom stereocenters. The van der Waals surface area contributed by atoms with E-state index in [-0.39, 0.29) is 57.2 Å². The van der Waals surface area contributed by atoms with Gasteiger partial charge in [-0.25, -0.2) is 19.9 Å². The molecule has 9 heterocycles.